The van der Waals surface area contributed by atoms with Crippen molar-refractivity contribution in [2.75, 3.05) is 12.4 Å². The molecule has 0 aromatic carbocycles. The molecule has 2 heterocycles. The number of pyridine rings is 1. The minimum Gasteiger partial charge on any atom is -0.439 e. The minimum atomic E-state index is -4.42. The number of aryl methyl sites for hydroxylation is 1. The van der Waals surface area contributed by atoms with Crippen molar-refractivity contribution in [2.45, 2.75) is 23.3 Å². The van der Waals surface area contributed by atoms with Gasteiger partial charge in [-0.25, -0.2) is 9.97 Å². The summed E-state index contributed by atoms with van der Waals surface area (Å²) in [5.74, 6) is 0.139. The van der Waals surface area contributed by atoms with E-state index in [-0.39, 0.29) is 16.1 Å². The van der Waals surface area contributed by atoms with E-state index < -0.39 is 11.7 Å². The molecule has 19 heavy (non-hydrogen) atoms. The summed E-state index contributed by atoms with van der Waals surface area (Å²) >= 11 is 0.939. The van der Waals surface area contributed by atoms with E-state index in [4.69, 9.17) is 4.42 Å². The molecule has 4 nitrogen and oxygen atoms in total. The number of alkyl halides is 3. The molecule has 0 aliphatic carbocycles. The van der Waals surface area contributed by atoms with Gasteiger partial charge < -0.3 is 9.73 Å². The Morgan fingerprint density at radius 2 is 2.00 bits per heavy atom. The van der Waals surface area contributed by atoms with Crippen molar-refractivity contribution in [2.24, 2.45) is 0 Å². The third kappa shape index (κ3) is 3.40. The Bertz CT molecular complexity index is 583. The summed E-state index contributed by atoms with van der Waals surface area (Å²) in [6.45, 7) is 1.73. The zero-order valence-electron chi connectivity index (χ0n) is 10.1. The van der Waals surface area contributed by atoms with Crippen LogP contribution in [0.5, 0.6) is 0 Å². The Morgan fingerprint density at radius 1 is 1.26 bits per heavy atom. The van der Waals surface area contributed by atoms with Crippen LogP contribution >= 0.6 is 11.8 Å². The number of hydrogen-bond acceptors (Lipinski definition) is 5. The van der Waals surface area contributed by atoms with Gasteiger partial charge in [0.1, 0.15) is 17.1 Å². The van der Waals surface area contributed by atoms with Crippen LogP contribution in [0.2, 0.25) is 0 Å². The smallest absolute Gasteiger partial charge is 0.416 e. The topological polar surface area (TPSA) is 51.0 Å². The van der Waals surface area contributed by atoms with Crippen molar-refractivity contribution in [1.29, 1.82) is 0 Å². The molecule has 0 saturated heterocycles. The van der Waals surface area contributed by atoms with Gasteiger partial charge in [0.05, 0.1) is 11.3 Å². The maximum Gasteiger partial charge on any atom is 0.416 e. The highest BCUT2D eigenvalue weighted by Crippen LogP contribution is 2.34. The summed E-state index contributed by atoms with van der Waals surface area (Å²) in [6, 6.07) is 1.91. The fraction of sp³-hybridized carbons (Fsp3) is 0.273. The lowest BCUT2D eigenvalue weighted by molar-refractivity contribution is -0.137. The molecule has 0 amide bonds. The number of rotatable bonds is 3. The highest BCUT2D eigenvalue weighted by molar-refractivity contribution is 7.99. The van der Waals surface area contributed by atoms with Gasteiger partial charge in [-0.05, 0) is 30.8 Å². The highest BCUT2D eigenvalue weighted by Gasteiger charge is 2.31. The molecule has 0 aliphatic rings. The number of anilines is 1. The predicted molar refractivity (Wildman–Crippen MR) is 64.1 cm³/mol. The zero-order chi connectivity index (χ0) is 14.0. The SMILES string of the molecule is CNc1cc(C(F)(F)F)cc(Sc2nc(C)co2)n1. The summed E-state index contributed by atoms with van der Waals surface area (Å²) in [7, 11) is 1.51. The van der Waals surface area contributed by atoms with Gasteiger partial charge in [0.15, 0.2) is 0 Å². The van der Waals surface area contributed by atoms with Crippen molar-refractivity contribution < 1.29 is 17.6 Å². The van der Waals surface area contributed by atoms with Crippen LogP contribution in [0, 0.1) is 6.92 Å². The third-order valence-electron chi connectivity index (χ3n) is 2.18. The standard InChI is InChI=1S/C11H10F3N3OS/c1-6-5-18-10(16-6)19-9-4-7(11(12,13)14)3-8(15-2)17-9/h3-5H,1-2H3,(H,15,17). The van der Waals surface area contributed by atoms with Crippen LogP contribution in [0.4, 0.5) is 19.0 Å². The number of nitrogens with zero attached hydrogens (tertiary/aromatic N) is 2. The van der Waals surface area contributed by atoms with Crippen molar-refractivity contribution in [3.05, 3.63) is 29.7 Å². The van der Waals surface area contributed by atoms with Gasteiger partial charge in [-0.2, -0.15) is 13.2 Å². The van der Waals surface area contributed by atoms with Crippen LogP contribution in [-0.4, -0.2) is 17.0 Å². The molecular weight excluding hydrogens is 279 g/mol. The average molecular weight is 289 g/mol. The van der Waals surface area contributed by atoms with E-state index in [0.717, 1.165) is 23.9 Å². The number of halogens is 3. The van der Waals surface area contributed by atoms with E-state index in [9.17, 15) is 13.2 Å². The van der Waals surface area contributed by atoms with Gasteiger partial charge in [0, 0.05) is 7.05 Å². The Hall–Kier alpha value is -1.70. The molecule has 0 unspecified atom stereocenters. The van der Waals surface area contributed by atoms with Gasteiger partial charge in [0.2, 0.25) is 0 Å². The quantitative estimate of drug-likeness (QED) is 0.935. The second-order valence-electron chi connectivity index (χ2n) is 3.68. The van der Waals surface area contributed by atoms with Crippen LogP contribution in [-0.2, 0) is 6.18 Å². The minimum absolute atomic E-state index is 0.139. The Labute approximate surface area is 111 Å². The van der Waals surface area contributed by atoms with Crippen LogP contribution in [0.3, 0.4) is 0 Å². The molecule has 0 bridgehead atoms. The van der Waals surface area contributed by atoms with E-state index in [1.165, 1.54) is 13.3 Å². The number of aromatic nitrogens is 2. The Balaban J connectivity index is 2.34. The van der Waals surface area contributed by atoms with E-state index in [1.807, 2.05) is 0 Å². The van der Waals surface area contributed by atoms with E-state index in [2.05, 4.69) is 15.3 Å². The van der Waals surface area contributed by atoms with Crippen molar-refractivity contribution in [3.8, 4) is 0 Å². The summed E-state index contributed by atoms with van der Waals surface area (Å²) in [5.41, 5.74) is -0.110. The van der Waals surface area contributed by atoms with Crippen molar-refractivity contribution in [1.82, 2.24) is 9.97 Å². The molecule has 2 aromatic heterocycles. The maximum absolute atomic E-state index is 12.7. The molecule has 2 rings (SSSR count). The lowest BCUT2D eigenvalue weighted by Crippen LogP contribution is -2.07. The molecule has 2 aromatic rings. The predicted octanol–water partition coefficient (Wildman–Crippen LogP) is 3.59. The Kier molecular flexibility index (Phi) is 3.70. The lowest BCUT2D eigenvalue weighted by Gasteiger charge is -2.10. The molecule has 0 spiro atoms. The van der Waals surface area contributed by atoms with Gasteiger partial charge in [-0.3, -0.25) is 0 Å². The second kappa shape index (κ2) is 5.12. The molecule has 0 aliphatic heterocycles. The van der Waals surface area contributed by atoms with Gasteiger partial charge in [0.25, 0.3) is 5.22 Å². The average Bonchev–Trinajstić information content (AvgIpc) is 2.73. The first-order valence-electron chi connectivity index (χ1n) is 5.25. The van der Waals surface area contributed by atoms with Crippen LogP contribution in [0.15, 0.2) is 33.1 Å². The first-order chi connectivity index (χ1) is 8.88. The fourth-order valence-electron chi connectivity index (χ4n) is 1.32. The Morgan fingerprint density at radius 3 is 2.53 bits per heavy atom. The van der Waals surface area contributed by atoms with E-state index in [1.54, 1.807) is 6.92 Å². The first-order valence-corrected chi connectivity index (χ1v) is 6.07. The van der Waals surface area contributed by atoms with Crippen LogP contribution < -0.4 is 5.32 Å². The summed E-state index contributed by atoms with van der Waals surface area (Å²) in [4.78, 5) is 8.03. The largest absolute Gasteiger partial charge is 0.439 e. The van der Waals surface area contributed by atoms with Crippen LogP contribution in [0.25, 0.3) is 0 Å². The van der Waals surface area contributed by atoms with Gasteiger partial charge in [-0.1, -0.05) is 0 Å². The molecule has 8 heteroatoms. The van der Waals surface area contributed by atoms with E-state index >= 15 is 0 Å². The molecule has 0 radical (unpaired) electrons. The van der Waals surface area contributed by atoms with Crippen molar-refractivity contribution in [3.63, 3.8) is 0 Å². The first kappa shape index (κ1) is 13.7. The van der Waals surface area contributed by atoms with Gasteiger partial charge >= 0.3 is 6.18 Å². The maximum atomic E-state index is 12.7. The fourth-order valence-corrected chi connectivity index (χ4v) is 2.11. The summed E-state index contributed by atoms with van der Waals surface area (Å²) in [6.07, 6.45) is -2.99. The monoisotopic (exact) mass is 289 g/mol. The molecule has 0 atom stereocenters. The highest BCUT2D eigenvalue weighted by atomic mass is 32.2. The third-order valence-corrected chi connectivity index (χ3v) is 2.96. The number of nitrogens with one attached hydrogen (secondary N) is 1. The van der Waals surface area contributed by atoms with E-state index in [0.29, 0.717) is 5.69 Å². The zero-order valence-corrected chi connectivity index (χ0v) is 10.9. The van der Waals surface area contributed by atoms with Crippen molar-refractivity contribution >= 4 is 17.6 Å². The lowest BCUT2D eigenvalue weighted by atomic mass is 10.2. The molecular formula is C11H10F3N3OS. The number of hydrogen-bond donors (Lipinski definition) is 1. The van der Waals surface area contributed by atoms with Crippen LogP contribution in [0.1, 0.15) is 11.3 Å². The number of oxazole rings is 1. The summed E-state index contributed by atoms with van der Waals surface area (Å²) in [5, 5.41) is 3.02. The normalized spacial score (nSPS) is 11.6. The summed E-state index contributed by atoms with van der Waals surface area (Å²) < 4.78 is 43.2. The molecule has 102 valence electrons. The second-order valence-corrected chi connectivity index (χ2v) is 4.66. The van der Waals surface area contributed by atoms with Gasteiger partial charge in [-0.15, -0.1) is 0 Å². The molecule has 0 saturated carbocycles. The molecule has 0 fully saturated rings. The molecule has 1 N–H and O–H groups in total.